The van der Waals surface area contributed by atoms with E-state index >= 15 is 0 Å². The van der Waals surface area contributed by atoms with E-state index in [0.29, 0.717) is 25.7 Å². The number of nitrogens with zero attached hydrogens (tertiary/aromatic N) is 5. The molecule has 0 saturated carbocycles. The van der Waals surface area contributed by atoms with Crippen LogP contribution in [-0.4, -0.2) is 77.0 Å². The largest absolute Gasteiger partial charge is 0.378 e. The Bertz CT molecular complexity index is 901. The number of pyridine rings is 1. The number of likely N-dealkylation sites (tertiary alicyclic amines) is 1. The smallest absolute Gasteiger partial charge is 0.225 e. The number of amides is 1. The van der Waals surface area contributed by atoms with E-state index in [9.17, 15) is 4.79 Å². The number of aliphatic imine (C=N–C) groups is 1. The lowest BCUT2D eigenvalue weighted by molar-refractivity contribution is -0.140. The summed E-state index contributed by atoms with van der Waals surface area (Å²) < 4.78 is 7.47. The third-order valence-electron chi connectivity index (χ3n) is 5.94. The molecule has 2 aromatic heterocycles. The van der Waals surface area contributed by atoms with Crippen LogP contribution in [-0.2, 0) is 16.1 Å². The molecular formula is C22H33IN6O2. The highest BCUT2D eigenvalue weighted by atomic mass is 127. The quantitative estimate of drug-likeness (QED) is 0.366. The molecule has 9 heteroatoms. The lowest BCUT2D eigenvalue weighted by Crippen LogP contribution is -2.50. The number of imidazole rings is 1. The summed E-state index contributed by atoms with van der Waals surface area (Å²) in [5, 5.41) is 3.40. The standard InChI is InChI=1S/C22H32N6O2.HI/c1-3-23-22(24-15-19-16-28-17(2)5-4-6-20(28)25-19)27-9-7-18(8-10-27)21(29)26-11-13-30-14-12-26;/h4-6,16,18H,3,7-15H2,1-2H3,(H,23,24);1H. The van der Waals surface area contributed by atoms with E-state index in [0.717, 1.165) is 68.6 Å². The van der Waals surface area contributed by atoms with Gasteiger partial charge < -0.3 is 24.3 Å². The van der Waals surface area contributed by atoms with E-state index < -0.39 is 0 Å². The molecule has 0 spiro atoms. The molecule has 8 nitrogen and oxygen atoms in total. The van der Waals surface area contributed by atoms with Gasteiger partial charge in [-0.3, -0.25) is 4.79 Å². The van der Waals surface area contributed by atoms with Crippen molar-refractivity contribution in [3.05, 3.63) is 35.8 Å². The van der Waals surface area contributed by atoms with E-state index in [1.807, 2.05) is 17.0 Å². The van der Waals surface area contributed by atoms with Gasteiger partial charge in [0.25, 0.3) is 0 Å². The maximum absolute atomic E-state index is 12.8. The number of fused-ring (bicyclic) bond motifs is 1. The number of halogens is 1. The van der Waals surface area contributed by atoms with Crippen LogP contribution in [0.3, 0.4) is 0 Å². The molecule has 170 valence electrons. The van der Waals surface area contributed by atoms with Crippen molar-refractivity contribution in [2.45, 2.75) is 33.2 Å². The summed E-state index contributed by atoms with van der Waals surface area (Å²) in [4.78, 5) is 26.5. The molecule has 1 N–H and O–H groups in total. The number of carbonyl (C=O) groups excluding carboxylic acids is 1. The third kappa shape index (κ3) is 5.68. The summed E-state index contributed by atoms with van der Waals surface area (Å²) in [6.45, 7) is 9.96. The minimum absolute atomic E-state index is 0. The second-order valence-electron chi connectivity index (χ2n) is 8.00. The number of nitrogens with one attached hydrogen (secondary N) is 1. The number of aryl methyl sites for hydroxylation is 1. The van der Waals surface area contributed by atoms with Gasteiger partial charge in [0, 0.05) is 50.5 Å². The highest BCUT2D eigenvalue weighted by molar-refractivity contribution is 14.0. The van der Waals surface area contributed by atoms with Gasteiger partial charge in [0.1, 0.15) is 5.65 Å². The van der Waals surface area contributed by atoms with Crippen LogP contribution in [0.1, 0.15) is 31.2 Å². The Balaban J connectivity index is 0.00000272. The van der Waals surface area contributed by atoms with E-state index in [1.54, 1.807) is 0 Å². The van der Waals surface area contributed by atoms with E-state index in [4.69, 9.17) is 9.73 Å². The van der Waals surface area contributed by atoms with Gasteiger partial charge in [-0.1, -0.05) is 6.07 Å². The molecule has 0 radical (unpaired) electrons. The predicted molar refractivity (Wildman–Crippen MR) is 132 cm³/mol. The van der Waals surface area contributed by atoms with Crippen LogP contribution in [0, 0.1) is 12.8 Å². The number of morpholine rings is 1. The molecule has 1 amide bonds. The zero-order valence-corrected chi connectivity index (χ0v) is 20.7. The molecular weight excluding hydrogens is 507 g/mol. The lowest BCUT2D eigenvalue weighted by Gasteiger charge is -2.36. The molecule has 2 aromatic rings. The molecule has 2 fully saturated rings. The Labute approximate surface area is 201 Å². The lowest BCUT2D eigenvalue weighted by atomic mass is 9.95. The number of piperidine rings is 1. The van der Waals surface area contributed by atoms with Crippen molar-refractivity contribution in [1.82, 2.24) is 24.5 Å². The molecule has 0 aliphatic carbocycles. The van der Waals surface area contributed by atoms with Gasteiger partial charge in [-0.05, 0) is 38.8 Å². The van der Waals surface area contributed by atoms with Crippen LogP contribution in [0.15, 0.2) is 29.4 Å². The molecule has 0 aromatic carbocycles. The molecule has 0 atom stereocenters. The zero-order valence-electron chi connectivity index (χ0n) is 18.4. The first-order valence-corrected chi connectivity index (χ1v) is 11.0. The summed E-state index contributed by atoms with van der Waals surface area (Å²) in [5.41, 5.74) is 3.07. The third-order valence-corrected chi connectivity index (χ3v) is 5.94. The van der Waals surface area contributed by atoms with Crippen LogP contribution in [0.25, 0.3) is 5.65 Å². The fourth-order valence-corrected chi connectivity index (χ4v) is 4.24. The molecule has 2 aliphatic heterocycles. The number of hydrogen-bond donors (Lipinski definition) is 1. The molecule has 4 heterocycles. The van der Waals surface area contributed by atoms with Crippen molar-refractivity contribution in [3.63, 3.8) is 0 Å². The molecule has 4 rings (SSSR count). The molecule has 0 unspecified atom stereocenters. The average molecular weight is 540 g/mol. The predicted octanol–water partition coefficient (Wildman–Crippen LogP) is 2.30. The minimum atomic E-state index is 0. The summed E-state index contributed by atoms with van der Waals surface area (Å²) in [6.07, 6.45) is 3.80. The Morgan fingerprint density at radius 3 is 2.61 bits per heavy atom. The van der Waals surface area contributed by atoms with Crippen molar-refractivity contribution < 1.29 is 9.53 Å². The number of aromatic nitrogens is 2. The monoisotopic (exact) mass is 540 g/mol. The molecule has 2 aliphatic rings. The van der Waals surface area contributed by atoms with Gasteiger partial charge in [0.2, 0.25) is 5.91 Å². The maximum atomic E-state index is 12.8. The highest BCUT2D eigenvalue weighted by Crippen LogP contribution is 2.20. The van der Waals surface area contributed by atoms with E-state index in [1.165, 1.54) is 0 Å². The Hall–Kier alpha value is -1.88. The maximum Gasteiger partial charge on any atom is 0.225 e. The highest BCUT2D eigenvalue weighted by Gasteiger charge is 2.30. The second kappa shape index (κ2) is 11.1. The fourth-order valence-electron chi connectivity index (χ4n) is 4.24. The van der Waals surface area contributed by atoms with Gasteiger partial charge in [0.05, 0.1) is 25.5 Å². The fraction of sp³-hybridized carbons (Fsp3) is 0.591. The van der Waals surface area contributed by atoms with Crippen molar-refractivity contribution in [1.29, 1.82) is 0 Å². The van der Waals surface area contributed by atoms with Crippen LogP contribution in [0.5, 0.6) is 0 Å². The van der Waals surface area contributed by atoms with Gasteiger partial charge in [-0.2, -0.15) is 0 Å². The first kappa shape index (κ1) is 23.8. The van der Waals surface area contributed by atoms with Gasteiger partial charge in [-0.25, -0.2) is 9.98 Å². The van der Waals surface area contributed by atoms with Crippen LogP contribution in [0.4, 0.5) is 0 Å². The van der Waals surface area contributed by atoms with Crippen molar-refractivity contribution >= 4 is 41.5 Å². The van der Waals surface area contributed by atoms with Crippen molar-refractivity contribution in [2.24, 2.45) is 10.9 Å². The van der Waals surface area contributed by atoms with Gasteiger partial charge >= 0.3 is 0 Å². The summed E-state index contributed by atoms with van der Waals surface area (Å²) >= 11 is 0. The average Bonchev–Trinajstić information content (AvgIpc) is 3.21. The number of guanidine groups is 1. The first-order valence-electron chi connectivity index (χ1n) is 11.0. The van der Waals surface area contributed by atoms with Gasteiger partial charge in [-0.15, -0.1) is 24.0 Å². The number of rotatable bonds is 4. The molecule has 31 heavy (non-hydrogen) atoms. The second-order valence-corrected chi connectivity index (χ2v) is 8.00. The van der Waals surface area contributed by atoms with E-state index in [2.05, 4.69) is 45.7 Å². The van der Waals surface area contributed by atoms with Crippen molar-refractivity contribution in [2.75, 3.05) is 45.9 Å². The summed E-state index contributed by atoms with van der Waals surface area (Å²) in [7, 11) is 0. The van der Waals surface area contributed by atoms with E-state index in [-0.39, 0.29) is 29.9 Å². The Morgan fingerprint density at radius 1 is 1.19 bits per heavy atom. The SMILES string of the molecule is CCNC(=NCc1cn2c(C)cccc2n1)N1CCC(C(=O)N2CCOCC2)CC1.I. The van der Waals surface area contributed by atoms with Gasteiger partial charge in [0.15, 0.2) is 5.96 Å². The number of ether oxygens (including phenoxy) is 1. The Kier molecular flexibility index (Phi) is 8.53. The van der Waals surface area contributed by atoms with Crippen molar-refractivity contribution in [3.8, 4) is 0 Å². The summed E-state index contributed by atoms with van der Waals surface area (Å²) in [6, 6.07) is 6.12. The minimum Gasteiger partial charge on any atom is -0.378 e. The molecule has 0 bridgehead atoms. The molecule has 2 saturated heterocycles. The zero-order chi connectivity index (χ0) is 20.9. The van der Waals surface area contributed by atoms with Crippen LogP contribution >= 0.6 is 24.0 Å². The number of hydrogen-bond acceptors (Lipinski definition) is 4. The van der Waals surface area contributed by atoms with Crippen LogP contribution in [0.2, 0.25) is 0 Å². The first-order chi connectivity index (χ1) is 14.7. The summed E-state index contributed by atoms with van der Waals surface area (Å²) in [5.74, 6) is 1.31. The Morgan fingerprint density at radius 2 is 1.94 bits per heavy atom. The van der Waals surface area contributed by atoms with Crippen LogP contribution < -0.4 is 5.32 Å². The number of carbonyl (C=O) groups is 1. The topological polar surface area (TPSA) is 74.5 Å². The normalized spacial score (nSPS) is 18.2.